The van der Waals surface area contributed by atoms with Gasteiger partial charge in [-0.15, -0.1) is 0 Å². The van der Waals surface area contributed by atoms with Crippen molar-refractivity contribution >= 4 is 52.2 Å². The van der Waals surface area contributed by atoms with Crippen LogP contribution < -0.4 is 10.2 Å². The number of thioether (sulfide) groups is 1. The van der Waals surface area contributed by atoms with Gasteiger partial charge in [0.15, 0.2) is 10.4 Å². The van der Waals surface area contributed by atoms with E-state index in [1.54, 1.807) is 30.3 Å². The minimum absolute atomic E-state index is 0.0811. The number of thiocarbonyl (C=S) groups is 1. The van der Waals surface area contributed by atoms with Gasteiger partial charge in [-0.3, -0.25) is 15.0 Å². The standard InChI is InChI=1S/C20H22N2O5S2/c1-12(19(25)26)27-15-9-5-6-13(10-15)11-16-18(24)22(20(28)29-16)21-17(23)14-7-3-2-4-8-14/h5-6,9-12,14H,2-4,7-8H2,1H3,(H,21,23)(H,25,26)/b16-11+. The fraction of sp³-hybridized carbons (Fsp3) is 0.400. The third kappa shape index (κ3) is 5.36. The smallest absolute Gasteiger partial charge is 0.344 e. The van der Waals surface area contributed by atoms with Crippen molar-refractivity contribution in [2.75, 3.05) is 0 Å². The van der Waals surface area contributed by atoms with Crippen LogP contribution in [-0.2, 0) is 14.4 Å². The molecule has 1 unspecified atom stereocenters. The molecule has 0 spiro atoms. The van der Waals surface area contributed by atoms with Gasteiger partial charge in [0.2, 0.25) is 5.91 Å². The molecule has 2 fully saturated rings. The monoisotopic (exact) mass is 434 g/mol. The number of aliphatic carboxylic acids is 1. The summed E-state index contributed by atoms with van der Waals surface area (Å²) in [7, 11) is 0. The van der Waals surface area contributed by atoms with Crippen LogP contribution >= 0.6 is 24.0 Å². The average molecular weight is 435 g/mol. The van der Waals surface area contributed by atoms with E-state index < -0.39 is 12.1 Å². The van der Waals surface area contributed by atoms with E-state index in [9.17, 15) is 14.4 Å². The molecular weight excluding hydrogens is 412 g/mol. The van der Waals surface area contributed by atoms with Crippen molar-refractivity contribution in [3.63, 3.8) is 0 Å². The van der Waals surface area contributed by atoms with Gasteiger partial charge >= 0.3 is 5.97 Å². The first kappa shape index (κ1) is 21.3. The van der Waals surface area contributed by atoms with Gasteiger partial charge in [0.05, 0.1) is 4.91 Å². The van der Waals surface area contributed by atoms with Crippen molar-refractivity contribution < 1.29 is 24.2 Å². The number of carboxylic acid groups (broad SMARTS) is 1. The Bertz CT molecular complexity index is 864. The molecule has 2 amide bonds. The molecule has 0 aromatic heterocycles. The van der Waals surface area contributed by atoms with Crippen LogP contribution in [-0.4, -0.2) is 38.3 Å². The predicted octanol–water partition coefficient (Wildman–Crippen LogP) is 3.35. The van der Waals surface area contributed by atoms with E-state index >= 15 is 0 Å². The van der Waals surface area contributed by atoms with Crippen LogP contribution in [0.3, 0.4) is 0 Å². The molecule has 1 atom stereocenters. The first-order valence-electron chi connectivity index (χ1n) is 9.43. The zero-order chi connectivity index (χ0) is 21.0. The summed E-state index contributed by atoms with van der Waals surface area (Å²) >= 11 is 6.37. The molecule has 2 aliphatic rings. The summed E-state index contributed by atoms with van der Waals surface area (Å²) in [5.41, 5.74) is 3.33. The summed E-state index contributed by atoms with van der Waals surface area (Å²) in [6.07, 6.45) is 5.51. The minimum Gasteiger partial charge on any atom is -0.479 e. The van der Waals surface area contributed by atoms with Gasteiger partial charge in [-0.05, 0) is 55.8 Å². The number of carboxylic acids is 1. The maximum absolute atomic E-state index is 12.7. The maximum Gasteiger partial charge on any atom is 0.344 e. The number of ether oxygens (including phenoxy) is 1. The normalized spacial score (nSPS) is 20.0. The summed E-state index contributed by atoms with van der Waals surface area (Å²) in [6, 6.07) is 6.77. The van der Waals surface area contributed by atoms with Crippen molar-refractivity contribution in [1.29, 1.82) is 0 Å². The SMILES string of the molecule is CC(Oc1cccc(/C=C2/SC(=S)N(NC(=O)C3CCCCC3)C2=O)c1)C(=O)O. The van der Waals surface area contributed by atoms with E-state index in [0.717, 1.165) is 48.9 Å². The van der Waals surface area contributed by atoms with E-state index in [4.69, 9.17) is 22.1 Å². The van der Waals surface area contributed by atoms with Crippen LogP contribution in [0.2, 0.25) is 0 Å². The van der Waals surface area contributed by atoms with Gasteiger partial charge < -0.3 is 9.84 Å². The summed E-state index contributed by atoms with van der Waals surface area (Å²) in [5, 5.41) is 10.1. The number of benzene rings is 1. The molecule has 0 bridgehead atoms. The molecule has 29 heavy (non-hydrogen) atoms. The van der Waals surface area contributed by atoms with Crippen molar-refractivity contribution in [3.8, 4) is 5.75 Å². The van der Waals surface area contributed by atoms with Gasteiger partial charge in [-0.1, -0.05) is 43.2 Å². The molecule has 0 radical (unpaired) electrons. The second-order valence-corrected chi connectivity index (χ2v) is 8.67. The average Bonchev–Trinajstić information content (AvgIpc) is 2.96. The van der Waals surface area contributed by atoms with Gasteiger partial charge in [0, 0.05) is 5.92 Å². The predicted molar refractivity (Wildman–Crippen MR) is 114 cm³/mol. The largest absolute Gasteiger partial charge is 0.479 e. The highest BCUT2D eigenvalue weighted by Crippen LogP contribution is 2.32. The lowest BCUT2D eigenvalue weighted by molar-refractivity contribution is -0.144. The molecular formula is C20H22N2O5S2. The van der Waals surface area contributed by atoms with E-state index in [1.165, 1.54) is 6.92 Å². The minimum atomic E-state index is -1.06. The molecule has 1 aromatic carbocycles. The maximum atomic E-state index is 12.7. The number of carbonyl (C=O) groups excluding carboxylic acids is 2. The molecule has 1 aromatic rings. The Balaban J connectivity index is 1.69. The third-order valence-corrected chi connectivity index (χ3v) is 6.11. The molecule has 1 heterocycles. The summed E-state index contributed by atoms with van der Waals surface area (Å²) in [4.78, 5) is 36.5. The molecule has 3 rings (SSSR count). The Hall–Kier alpha value is -2.39. The molecule has 1 aliphatic carbocycles. The Morgan fingerprint density at radius 2 is 2.07 bits per heavy atom. The van der Waals surface area contributed by atoms with Crippen LogP contribution in [0.15, 0.2) is 29.2 Å². The van der Waals surface area contributed by atoms with Crippen LogP contribution in [0, 0.1) is 5.92 Å². The number of nitrogens with zero attached hydrogens (tertiary/aromatic N) is 1. The highest BCUT2D eigenvalue weighted by Gasteiger charge is 2.35. The van der Waals surface area contributed by atoms with Crippen LogP contribution in [0.4, 0.5) is 0 Å². The van der Waals surface area contributed by atoms with E-state index in [-0.39, 0.29) is 22.1 Å². The van der Waals surface area contributed by atoms with Crippen LogP contribution in [0.1, 0.15) is 44.6 Å². The lowest BCUT2D eigenvalue weighted by Gasteiger charge is -2.23. The number of rotatable bonds is 6. The van der Waals surface area contributed by atoms with Crippen molar-refractivity contribution in [3.05, 3.63) is 34.7 Å². The summed E-state index contributed by atoms with van der Waals surface area (Å²) in [6.45, 7) is 1.44. The third-order valence-electron chi connectivity index (χ3n) is 4.81. The van der Waals surface area contributed by atoms with E-state index in [1.807, 2.05) is 0 Å². The second kappa shape index (κ2) is 9.41. The lowest BCUT2D eigenvalue weighted by Crippen LogP contribution is -2.47. The second-order valence-electron chi connectivity index (χ2n) is 7.00. The van der Waals surface area contributed by atoms with Crippen molar-refractivity contribution in [1.82, 2.24) is 10.4 Å². The number of hydrazine groups is 1. The molecule has 7 nitrogen and oxygen atoms in total. The molecule has 1 saturated carbocycles. The number of nitrogens with one attached hydrogen (secondary N) is 1. The fourth-order valence-electron chi connectivity index (χ4n) is 3.21. The van der Waals surface area contributed by atoms with Gasteiger partial charge in [0.25, 0.3) is 5.91 Å². The molecule has 1 aliphatic heterocycles. The van der Waals surface area contributed by atoms with Gasteiger partial charge in [-0.25, -0.2) is 4.79 Å². The van der Waals surface area contributed by atoms with Crippen molar-refractivity contribution in [2.45, 2.75) is 45.1 Å². The van der Waals surface area contributed by atoms with Crippen molar-refractivity contribution in [2.24, 2.45) is 5.92 Å². The van der Waals surface area contributed by atoms with E-state index in [0.29, 0.717) is 16.2 Å². The number of hydrogen-bond acceptors (Lipinski definition) is 6. The molecule has 9 heteroatoms. The van der Waals surface area contributed by atoms with Gasteiger partial charge in [0.1, 0.15) is 5.75 Å². The van der Waals surface area contributed by atoms with Crippen LogP contribution in [0.5, 0.6) is 5.75 Å². The highest BCUT2D eigenvalue weighted by atomic mass is 32.2. The molecule has 2 N–H and O–H groups in total. The summed E-state index contributed by atoms with van der Waals surface area (Å²) in [5.74, 6) is -1.31. The topological polar surface area (TPSA) is 95.9 Å². The summed E-state index contributed by atoms with van der Waals surface area (Å²) < 4.78 is 5.63. The Morgan fingerprint density at radius 1 is 1.34 bits per heavy atom. The highest BCUT2D eigenvalue weighted by molar-refractivity contribution is 8.26. The van der Waals surface area contributed by atoms with Gasteiger partial charge in [-0.2, -0.15) is 5.01 Å². The van der Waals surface area contributed by atoms with Crippen LogP contribution in [0.25, 0.3) is 6.08 Å². The quantitative estimate of drug-likeness (QED) is 0.524. The number of carbonyl (C=O) groups is 3. The zero-order valence-corrected chi connectivity index (χ0v) is 17.6. The Kier molecular flexibility index (Phi) is 6.92. The lowest BCUT2D eigenvalue weighted by atomic mass is 9.89. The molecule has 1 saturated heterocycles. The number of hydrogen-bond donors (Lipinski definition) is 2. The first-order valence-corrected chi connectivity index (χ1v) is 10.7. The number of amides is 2. The van der Waals surface area contributed by atoms with E-state index in [2.05, 4.69) is 5.43 Å². The molecule has 154 valence electrons. The fourth-order valence-corrected chi connectivity index (χ4v) is 4.39. The Labute approximate surface area is 178 Å². The zero-order valence-electron chi connectivity index (χ0n) is 15.9. The first-order chi connectivity index (χ1) is 13.8. The Morgan fingerprint density at radius 3 is 2.76 bits per heavy atom.